The normalized spacial score (nSPS) is 10.6. The molecule has 2 aromatic rings. The smallest absolute Gasteiger partial charge is 0.375 e. The van der Waals surface area contributed by atoms with Crippen LogP contribution in [0.2, 0.25) is 5.02 Å². The molecule has 1 aromatic heterocycles. The third kappa shape index (κ3) is 2.22. The number of carboxylic acids is 1. The summed E-state index contributed by atoms with van der Waals surface area (Å²) in [6, 6.07) is 5.39. The molecular weight excluding hydrogens is 254 g/mol. The van der Waals surface area contributed by atoms with E-state index in [4.69, 9.17) is 16.7 Å². The number of hydrogen-bond acceptors (Lipinski definition) is 3. The number of aromatic carboxylic acids is 1. The lowest BCUT2D eigenvalue weighted by molar-refractivity contribution is 0.0683. The Morgan fingerprint density at radius 1 is 1.50 bits per heavy atom. The van der Waals surface area contributed by atoms with Crippen LogP contribution in [0.15, 0.2) is 18.2 Å². The number of rotatable bonds is 3. The van der Waals surface area contributed by atoms with E-state index in [9.17, 15) is 4.79 Å². The van der Waals surface area contributed by atoms with Crippen LogP contribution in [0.4, 0.5) is 0 Å². The van der Waals surface area contributed by atoms with Crippen LogP contribution in [0, 0.1) is 6.92 Å². The number of aromatic nitrogens is 3. The first kappa shape index (κ1) is 12.6. The molecule has 94 valence electrons. The average Bonchev–Trinajstić information content (AvgIpc) is 2.76. The lowest BCUT2D eigenvalue weighted by atomic mass is 10.2. The summed E-state index contributed by atoms with van der Waals surface area (Å²) < 4.78 is 1.53. The zero-order chi connectivity index (χ0) is 13.3. The molecule has 0 spiro atoms. The van der Waals surface area contributed by atoms with Gasteiger partial charge < -0.3 is 5.11 Å². The monoisotopic (exact) mass is 265 g/mol. The van der Waals surface area contributed by atoms with Gasteiger partial charge in [-0.25, -0.2) is 14.5 Å². The minimum atomic E-state index is -1.14. The highest BCUT2D eigenvalue weighted by atomic mass is 35.5. The Morgan fingerprint density at radius 2 is 2.22 bits per heavy atom. The number of aryl methyl sites for hydroxylation is 2. The van der Waals surface area contributed by atoms with Crippen LogP contribution in [0.1, 0.15) is 28.9 Å². The van der Waals surface area contributed by atoms with Crippen molar-refractivity contribution in [2.75, 3.05) is 0 Å². The second-order valence-corrected chi connectivity index (χ2v) is 4.29. The van der Waals surface area contributed by atoms with Crippen molar-refractivity contribution in [3.8, 4) is 5.69 Å². The molecule has 0 amide bonds. The summed E-state index contributed by atoms with van der Waals surface area (Å²) in [5, 5.41) is 13.5. The van der Waals surface area contributed by atoms with Gasteiger partial charge in [-0.1, -0.05) is 24.6 Å². The Labute approximate surface area is 109 Å². The Balaban J connectivity index is 2.62. The van der Waals surface area contributed by atoms with Crippen molar-refractivity contribution in [2.45, 2.75) is 20.3 Å². The molecule has 0 saturated carbocycles. The SMILES string of the molecule is CCc1nc(C(=O)O)nn1-c1cc(Cl)ccc1C. The van der Waals surface area contributed by atoms with Crippen LogP contribution >= 0.6 is 11.6 Å². The summed E-state index contributed by atoms with van der Waals surface area (Å²) in [5.41, 5.74) is 1.70. The van der Waals surface area contributed by atoms with Crippen molar-refractivity contribution in [3.05, 3.63) is 40.4 Å². The van der Waals surface area contributed by atoms with Crippen molar-refractivity contribution in [3.63, 3.8) is 0 Å². The van der Waals surface area contributed by atoms with Crippen LogP contribution in [0.25, 0.3) is 5.69 Å². The van der Waals surface area contributed by atoms with Gasteiger partial charge >= 0.3 is 5.97 Å². The minimum Gasteiger partial charge on any atom is -0.475 e. The second-order valence-electron chi connectivity index (χ2n) is 3.85. The fourth-order valence-corrected chi connectivity index (χ4v) is 1.83. The molecular formula is C12H12ClN3O2. The van der Waals surface area contributed by atoms with Gasteiger partial charge in [-0.3, -0.25) is 0 Å². The van der Waals surface area contributed by atoms with Crippen molar-refractivity contribution in [2.24, 2.45) is 0 Å². The molecule has 0 unspecified atom stereocenters. The van der Waals surface area contributed by atoms with E-state index >= 15 is 0 Å². The van der Waals surface area contributed by atoms with Crippen LogP contribution in [0.3, 0.4) is 0 Å². The van der Waals surface area contributed by atoms with E-state index in [1.165, 1.54) is 4.68 Å². The Kier molecular flexibility index (Phi) is 3.34. The molecule has 1 heterocycles. The average molecular weight is 266 g/mol. The minimum absolute atomic E-state index is 0.203. The highest BCUT2D eigenvalue weighted by molar-refractivity contribution is 6.30. The van der Waals surface area contributed by atoms with Crippen molar-refractivity contribution >= 4 is 17.6 Å². The molecule has 0 aliphatic heterocycles. The first-order valence-corrected chi connectivity index (χ1v) is 5.86. The van der Waals surface area contributed by atoms with Gasteiger partial charge in [-0.2, -0.15) is 0 Å². The molecule has 6 heteroatoms. The predicted molar refractivity (Wildman–Crippen MR) is 67.4 cm³/mol. The molecule has 0 bridgehead atoms. The van der Waals surface area contributed by atoms with Crippen LogP contribution in [-0.4, -0.2) is 25.8 Å². The number of hydrogen-bond donors (Lipinski definition) is 1. The fourth-order valence-electron chi connectivity index (χ4n) is 1.67. The molecule has 1 aromatic carbocycles. The summed E-state index contributed by atoms with van der Waals surface area (Å²) in [4.78, 5) is 14.9. The zero-order valence-electron chi connectivity index (χ0n) is 10.0. The molecule has 0 aliphatic carbocycles. The van der Waals surface area contributed by atoms with Crippen molar-refractivity contribution in [1.82, 2.24) is 14.8 Å². The maximum Gasteiger partial charge on any atom is 0.375 e. The fraction of sp³-hybridized carbons (Fsp3) is 0.250. The summed E-state index contributed by atoms with van der Waals surface area (Å²) in [5.74, 6) is -0.743. The lowest BCUT2D eigenvalue weighted by Crippen LogP contribution is -2.05. The van der Waals surface area contributed by atoms with E-state index in [1.807, 2.05) is 19.9 Å². The third-order valence-electron chi connectivity index (χ3n) is 2.58. The Morgan fingerprint density at radius 3 is 2.83 bits per heavy atom. The van der Waals surface area contributed by atoms with Crippen LogP contribution in [0.5, 0.6) is 0 Å². The molecule has 5 nitrogen and oxygen atoms in total. The predicted octanol–water partition coefficient (Wildman–Crippen LogP) is 2.49. The van der Waals surface area contributed by atoms with Gasteiger partial charge in [0.15, 0.2) is 0 Å². The maximum absolute atomic E-state index is 10.9. The van der Waals surface area contributed by atoms with E-state index in [2.05, 4.69) is 10.1 Å². The molecule has 0 saturated heterocycles. The summed E-state index contributed by atoms with van der Waals surface area (Å²) in [6.45, 7) is 3.80. The van der Waals surface area contributed by atoms with Gasteiger partial charge in [0.1, 0.15) is 5.82 Å². The number of carbonyl (C=O) groups is 1. The van der Waals surface area contributed by atoms with Gasteiger partial charge in [0.05, 0.1) is 5.69 Å². The van der Waals surface area contributed by atoms with Crippen LogP contribution < -0.4 is 0 Å². The molecule has 0 radical (unpaired) electrons. The molecule has 0 aliphatic rings. The zero-order valence-corrected chi connectivity index (χ0v) is 10.8. The van der Waals surface area contributed by atoms with E-state index in [0.29, 0.717) is 17.3 Å². The standard InChI is InChI=1S/C12H12ClN3O2/c1-3-10-14-11(12(17)18)15-16(10)9-6-8(13)5-4-7(9)2/h4-6H,3H2,1-2H3,(H,17,18). The number of halogens is 1. The van der Waals surface area contributed by atoms with Gasteiger partial charge in [0.25, 0.3) is 5.82 Å². The van der Waals surface area contributed by atoms with Crippen molar-refractivity contribution in [1.29, 1.82) is 0 Å². The summed E-state index contributed by atoms with van der Waals surface area (Å²) in [7, 11) is 0. The van der Waals surface area contributed by atoms with Gasteiger partial charge in [0, 0.05) is 11.4 Å². The van der Waals surface area contributed by atoms with E-state index in [-0.39, 0.29) is 5.82 Å². The van der Waals surface area contributed by atoms with Crippen molar-refractivity contribution < 1.29 is 9.90 Å². The Bertz CT molecular complexity index is 607. The van der Waals surface area contributed by atoms with E-state index in [0.717, 1.165) is 11.3 Å². The van der Waals surface area contributed by atoms with E-state index in [1.54, 1.807) is 12.1 Å². The van der Waals surface area contributed by atoms with E-state index < -0.39 is 5.97 Å². The first-order chi connectivity index (χ1) is 8.52. The lowest BCUT2D eigenvalue weighted by Gasteiger charge is -2.08. The first-order valence-electron chi connectivity index (χ1n) is 5.48. The van der Waals surface area contributed by atoms with Crippen LogP contribution in [-0.2, 0) is 6.42 Å². The molecule has 2 rings (SSSR count). The molecule has 1 N–H and O–H groups in total. The number of benzene rings is 1. The number of carboxylic acid groups (broad SMARTS) is 1. The van der Waals surface area contributed by atoms with Gasteiger partial charge in [-0.15, -0.1) is 5.10 Å². The highest BCUT2D eigenvalue weighted by Crippen LogP contribution is 2.20. The third-order valence-corrected chi connectivity index (χ3v) is 2.82. The summed E-state index contributed by atoms with van der Waals surface area (Å²) in [6.07, 6.45) is 0.590. The largest absolute Gasteiger partial charge is 0.475 e. The molecule has 18 heavy (non-hydrogen) atoms. The second kappa shape index (κ2) is 4.78. The highest BCUT2D eigenvalue weighted by Gasteiger charge is 2.16. The quantitative estimate of drug-likeness (QED) is 0.926. The number of nitrogens with zero attached hydrogens (tertiary/aromatic N) is 3. The Hall–Kier alpha value is -1.88. The summed E-state index contributed by atoms with van der Waals surface area (Å²) >= 11 is 5.95. The molecule has 0 atom stereocenters. The topological polar surface area (TPSA) is 68.0 Å². The van der Waals surface area contributed by atoms with Gasteiger partial charge in [0.2, 0.25) is 0 Å². The molecule has 0 fully saturated rings. The van der Waals surface area contributed by atoms with Gasteiger partial charge in [-0.05, 0) is 24.6 Å². The maximum atomic E-state index is 10.9.